The van der Waals surface area contributed by atoms with Crippen LogP contribution in [-0.2, 0) is 6.42 Å². The molecule has 3 rings (SSSR count). The van der Waals surface area contributed by atoms with E-state index in [1.807, 2.05) is 29.6 Å². The van der Waals surface area contributed by atoms with Crippen molar-refractivity contribution in [3.8, 4) is 0 Å². The van der Waals surface area contributed by atoms with Gasteiger partial charge in [-0.1, -0.05) is 24.3 Å². The molecule has 0 aliphatic carbocycles. The van der Waals surface area contributed by atoms with E-state index in [2.05, 4.69) is 22.0 Å². The van der Waals surface area contributed by atoms with Gasteiger partial charge in [-0.3, -0.25) is 10.1 Å². The Hall–Kier alpha value is -2.64. The van der Waals surface area contributed by atoms with Crippen LogP contribution in [0.15, 0.2) is 60.0 Å². The van der Waals surface area contributed by atoms with Crippen molar-refractivity contribution in [3.05, 3.63) is 69.7 Å². The Morgan fingerprint density at radius 3 is 2.52 bits per heavy atom. The summed E-state index contributed by atoms with van der Waals surface area (Å²) in [6.45, 7) is 0.592. The molecule has 0 atom stereocenters. The van der Waals surface area contributed by atoms with Crippen LogP contribution in [0.2, 0.25) is 0 Å². The maximum atomic E-state index is 12.1. The fraction of sp³-hybridized carbons (Fsp3) is 0.111. The highest BCUT2D eigenvalue weighted by Crippen LogP contribution is 2.22. The molecule has 3 N–H and O–H groups in total. The van der Waals surface area contributed by atoms with Crippen LogP contribution >= 0.6 is 22.7 Å². The molecular formula is C18H17N3O2S2. The second kappa shape index (κ2) is 8.46. The van der Waals surface area contributed by atoms with Gasteiger partial charge in [0.2, 0.25) is 0 Å². The second-order valence-electron chi connectivity index (χ2n) is 5.19. The molecule has 3 aromatic rings. The molecule has 0 spiro atoms. The molecule has 0 fully saturated rings. The van der Waals surface area contributed by atoms with Gasteiger partial charge in [-0.15, -0.1) is 22.7 Å². The van der Waals surface area contributed by atoms with E-state index in [1.165, 1.54) is 16.2 Å². The smallest absolute Gasteiger partial charge is 0.324 e. The van der Waals surface area contributed by atoms with Crippen LogP contribution < -0.4 is 16.0 Å². The van der Waals surface area contributed by atoms with Gasteiger partial charge in [0.05, 0.1) is 9.88 Å². The van der Waals surface area contributed by atoms with E-state index in [1.54, 1.807) is 35.6 Å². The number of hydrogen-bond acceptors (Lipinski definition) is 4. The molecule has 3 amide bonds. The van der Waals surface area contributed by atoms with Crippen molar-refractivity contribution in [3.63, 3.8) is 0 Å². The first-order chi connectivity index (χ1) is 12.2. The molecule has 2 aromatic heterocycles. The van der Waals surface area contributed by atoms with Crippen molar-refractivity contribution in [1.82, 2.24) is 5.32 Å². The molecule has 5 nitrogen and oxygen atoms in total. The van der Waals surface area contributed by atoms with E-state index >= 15 is 0 Å². The Labute approximate surface area is 153 Å². The summed E-state index contributed by atoms with van der Waals surface area (Å²) in [6.07, 6.45) is 0.819. The molecule has 0 aliphatic heterocycles. The average Bonchev–Trinajstić information content (AvgIpc) is 3.27. The molecule has 128 valence electrons. The number of anilines is 2. The summed E-state index contributed by atoms with van der Waals surface area (Å²) in [5, 5.41) is 11.0. The summed E-state index contributed by atoms with van der Waals surface area (Å²) < 4.78 is 0. The lowest BCUT2D eigenvalue weighted by atomic mass is 10.3. The van der Waals surface area contributed by atoms with Gasteiger partial charge in [-0.05, 0) is 42.1 Å². The highest BCUT2D eigenvalue weighted by molar-refractivity contribution is 7.18. The molecular weight excluding hydrogens is 354 g/mol. The summed E-state index contributed by atoms with van der Waals surface area (Å²) in [5.74, 6) is -0.127. The van der Waals surface area contributed by atoms with Crippen molar-refractivity contribution in [2.45, 2.75) is 6.42 Å². The number of benzene rings is 1. The van der Waals surface area contributed by atoms with Crippen molar-refractivity contribution >= 4 is 45.3 Å². The zero-order valence-corrected chi connectivity index (χ0v) is 15.0. The standard InChI is InChI=1S/C18H17N3O2S2/c22-17(19-11-10-14-7-4-12-24-14)15-8-9-16(25-15)21-18(23)20-13-5-2-1-3-6-13/h1-9,12H,10-11H2,(H,19,22)(H2,20,21,23). The first-order valence-corrected chi connectivity index (χ1v) is 9.44. The largest absolute Gasteiger partial charge is 0.351 e. The van der Waals surface area contributed by atoms with Crippen molar-refractivity contribution in [2.75, 3.05) is 17.2 Å². The third-order valence-corrected chi connectivity index (χ3v) is 5.27. The first-order valence-electron chi connectivity index (χ1n) is 7.74. The minimum absolute atomic E-state index is 0.127. The summed E-state index contributed by atoms with van der Waals surface area (Å²) in [7, 11) is 0. The molecule has 25 heavy (non-hydrogen) atoms. The van der Waals surface area contributed by atoms with Crippen LogP contribution in [0.5, 0.6) is 0 Å². The lowest BCUT2D eigenvalue weighted by Gasteiger charge is -2.05. The lowest BCUT2D eigenvalue weighted by molar-refractivity contribution is 0.0958. The zero-order valence-electron chi connectivity index (χ0n) is 13.3. The van der Waals surface area contributed by atoms with Crippen LogP contribution in [-0.4, -0.2) is 18.5 Å². The molecule has 0 radical (unpaired) electrons. The van der Waals surface area contributed by atoms with Crippen LogP contribution in [0, 0.1) is 0 Å². The van der Waals surface area contributed by atoms with Crippen LogP contribution in [0.4, 0.5) is 15.5 Å². The predicted octanol–water partition coefficient (Wildman–Crippen LogP) is 4.43. The van der Waals surface area contributed by atoms with Crippen LogP contribution in [0.25, 0.3) is 0 Å². The minimum atomic E-state index is -0.335. The van der Waals surface area contributed by atoms with E-state index < -0.39 is 0 Å². The maximum Gasteiger partial charge on any atom is 0.324 e. The molecule has 0 saturated carbocycles. The number of thiophene rings is 2. The molecule has 1 aromatic carbocycles. The van der Waals surface area contributed by atoms with Gasteiger partial charge in [0.1, 0.15) is 0 Å². The third-order valence-electron chi connectivity index (χ3n) is 3.34. The number of nitrogens with one attached hydrogen (secondary N) is 3. The van der Waals surface area contributed by atoms with Gasteiger partial charge >= 0.3 is 6.03 Å². The zero-order chi connectivity index (χ0) is 17.5. The van der Waals surface area contributed by atoms with Gasteiger partial charge in [0.25, 0.3) is 5.91 Å². The number of carbonyl (C=O) groups is 2. The molecule has 0 unspecified atom stereocenters. The fourth-order valence-corrected chi connectivity index (χ4v) is 3.69. The minimum Gasteiger partial charge on any atom is -0.351 e. The monoisotopic (exact) mass is 371 g/mol. The number of hydrogen-bond donors (Lipinski definition) is 3. The molecule has 0 saturated heterocycles. The van der Waals surface area contributed by atoms with Crippen LogP contribution in [0.1, 0.15) is 14.5 Å². The van der Waals surface area contributed by atoms with Gasteiger partial charge in [0.15, 0.2) is 0 Å². The summed E-state index contributed by atoms with van der Waals surface area (Å²) in [5.41, 5.74) is 0.711. The van der Waals surface area contributed by atoms with Gasteiger partial charge in [-0.25, -0.2) is 4.79 Å². The Morgan fingerprint density at radius 2 is 1.76 bits per heavy atom. The highest BCUT2D eigenvalue weighted by Gasteiger charge is 2.10. The maximum absolute atomic E-state index is 12.1. The van der Waals surface area contributed by atoms with Crippen molar-refractivity contribution in [2.24, 2.45) is 0 Å². The summed E-state index contributed by atoms with van der Waals surface area (Å²) in [4.78, 5) is 25.9. The third kappa shape index (κ3) is 5.17. The van der Waals surface area contributed by atoms with Gasteiger partial charge in [0, 0.05) is 17.1 Å². The van der Waals surface area contributed by atoms with Gasteiger partial charge < -0.3 is 10.6 Å². The average molecular weight is 371 g/mol. The Morgan fingerprint density at radius 1 is 0.920 bits per heavy atom. The van der Waals surface area contributed by atoms with Crippen LogP contribution in [0.3, 0.4) is 0 Å². The van der Waals surface area contributed by atoms with E-state index in [9.17, 15) is 9.59 Å². The first kappa shape index (κ1) is 17.2. The highest BCUT2D eigenvalue weighted by atomic mass is 32.1. The van der Waals surface area contributed by atoms with E-state index in [4.69, 9.17) is 0 Å². The molecule has 0 bridgehead atoms. The van der Waals surface area contributed by atoms with E-state index in [0.29, 0.717) is 22.1 Å². The topological polar surface area (TPSA) is 70.2 Å². The summed E-state index contributed by atoms with van der Waals surface area (Å²) in [6, 6.07) is 16.3. The SMILES string of the molecule is O=C(Nc1ccccc1)Nc1ccc(C(=O)NCCc2cccs2)s1. The normalized spacial score (nSPS) is 10.2. The molecule has 2 heterocycles. The Balaban J connectivity index is 1.47. The Bertz CT molecular complexity index is 829. The molecule has 7 heteroatoms. The second-order valence-corrected chi connectivity index (χ2v) is 7.31. The lowest BCUT2D eigenvalue weighted by Crippen LogP contribution is -2.24. The van der Waals surface area contributed by atoms with E-state index in [-0.39, 0.29) is 11.9 Å². The quantitative estimate of drug-likeness (QED) is 0.600. The molecule has 0 aliphatic rings. The number of amides is 3. The number of rotatable bonds is 6. The van der Waals surface area contributed by atoms with Gasteiger partial charge in [-0.2, -0.15) is 0 Å². The van der Waals surface area contributed by atoms with Crippen molar-refractivity contribution in [1.29, 1.82) is 0 Å². The van der Waals surface area contributed by atoms with Crippen molar-refractivity contribution < 1.29 is 9.59 Å². The number of carbonyl (C=O) groups excluding carboxylic acids is 2. The Kier molecular flexibility index (Phi) is 5.81. The predicted molar refractivity (Wildman–Crippen MR) is 104 cm³/mol. The van der Waals surface area contributed by atoms with E-state index in [0.717, 1.165) is 6.42 Å². The number of para-hydroxylation sites is 1. The fourth-order valence-electron chi connectivity index (χ4n) is 2.16. The number of urea groups is 1. The summed E-state index contributed by atoms with van der Waals surface area (Å²) >= 11 is 2.93.